The van der Waals surface area contributed by atoms with Crippen molar-refractivity contribution in [2.24, 2.45) is 0 Å². The molecule has 0 radical (unpaired) electrons. The Hall–Kier alpha value is -2.30. The van der Waals surface area contributed by atoms with Crippen molar-refractivity contribution >= 4 is 28.2 Å². The third-order valence-electron chi connectivity index (χ3n) is 3.13. The Bertz CT molecular complexity index is 611. The molecule has 0 unspecified atom stereocenters. The number of amides is 1. The lowest BCUT2D eigenvalue weighted by atomic mass is 10.1. The maximum Gasteiger partial charge on any atom is 0.239 e. The smallest absolute Gasteiger partial charge is 0.239 e. The number of carbonyl (C=O) groups excluding carboxylic acids is 1. The molecule has 1 amide bonds. The summed E-state index contributed by atoms with van der Waals surface area (Å²) in [5.74, 6) is 0.0292. The van der Waals surface area contributed by atoms with Crippen LogP contribution in [0.3, 0.4) is 0 Å². The number of hydrogen-bond donors (Lipinski definition) is 2. The van der Waals surface area contributed by atoms with Gasteiger partial charge < -0.3 is 16.0 Å². The van der Waals surface area contributed by atoms with Crippen LogP contribution in [0.25, 0.3) is 10.9 Å². The van der Waals surface area contributed by atoms with Gasteiger partial charge in [-0.05, 0) is 6.07 Å². The summed E-state index contributed by atoms with van der Waals surface area (Å²) in [7, 11) is 0. The number of nitrogens with zero attached hydrogens (tertiary/aromatic N) is 2. The van der Waals surface area contributed by atoms with Crippen molar-refractivity contribution in [2.45, 2.75) is 0 Å². The van der Waals surface area contributed by atoms with Crippen molar-refractivity contribution in [3.05, 3.63) is 30.5 Å². The van der Waals surface area contributed by atoms with Crippen LogP contribution < -0.4 is 16.0 Å². The third-order valence-corrected chi connectivity index (χ3v) is 3.13. The second-order valence-electron chi connectivity index (χ2n) is 4.35. The zero-order valence-corrected chi connectivity index (χ0v) is 9.89. The highest BCUT2D eigenvalue weighted by atomic mass is 16.2. The summed E-state index contributed by atoms with van der Waals surface area (Å²) in [6.45, 7) is 1.76. The van der Waals surface area contributed by atoms with Crippen LogP contribution in [0.2, 0.25) is 0 Å². The molecule has 3 rings (SSSR count). The summed E-state index contributed by atoms with van der Waals surface area (Å²) >= 11 is 0. The van der Waals surface area contributed by atoms with E-state index >= 15 is 0 Å². The molecule has 5 heteroatoms. The van der Waals surface area contributed by atoms with Gasteiger partial charge in [0.15, 0.2) is 0 Å². The Morgan fingerprint density at radius 3 is 3.00 bits per heavy atom. The normalized spacial score (nSPS) is 15.8. The monoisotopic (exact) mass is 242 g/mol. The molecular weight excluding hydrogens is 228 g/mol. The lowest BCUT2D eigenvalue weighted by Crippen LogP contribution is -2.48. The molecule has 0 spiro atoms. The van der Waals surface area contributed by atoms with Gasteiger partial charge in [0.05, 0.1) is 29.6 Å². The first kappa shape index (κ1) is 10.8. The second kappa shape index (κ2) is 4.18. The number of piperazine rings is 1. The minimum absolute atomic E-state index is 0.0292. The van der Waals surface area contributed by atoms with E-state index in [9.17, 15) is 4.79 Å². The first-order valence-corrected chi connectivity index (χ1v) is 5.90. The molecule has 0 atom stereocenters. The van der Waals surface area contributed by atoms with E-state index in [1.54, 1.807) is 6.20 Å². The van der Waals surface area contributed by atoms with Crippen molar-refractivity contribution in [2.75, 3.05) is 30.3 Å². The van der Waals surface area contributed by atoms with E-state index in [1.807, 2.05) is 29.2 Å². The van der Waals surface area contributed by atoms with Crippen LogP contribution in [-0.2, 0) is 4.79 Å². The molecule has 1 saturated heterocycles. The summed E-state index contributed by atoms with van der Waals surface area (Å²) in [4.78, 5) is 17.8. The van der Waals surface area contributed by atoms with E-state index in [-0.39, 0.29) is 5.91 Å². The predicted molar refractivity (Wildman–Crippen MR) is 71.4 cm³/mol. The van der Waals surface area contributed by atoms with E-state index in [2.05, 4.69) is 10.3 Å². The lowest BCUT2D eigenvalue weighted by molar-refractivity contribution is -0.120. The number of para-hydroxylation sites is 1. The number of pyridine rings is 1. The topological polar surface area (TPSA) is 71.2 Å². The highest BCUT2D eigenvalue weighted by Gasteiger charge is 2.20. The minimum atomic E-state index is 0.0292. The van der Waals surface area contributed by atoms with Crippen molar-refractivity contribution < 1.29 is 4.79 Å². The van der Waals surface area contributed by atoms with Crippen LogP contribution in [0.4, 0.5) is 11.4 Å². The van der Waals surface area contributed by atoms with E-state index in [0.717, 1.165) is 23.1 Å². The van der Waals surface area contributed by atoms with Gasteiger partial charge in [-0.2, -0.15) is 0 Å². The largest absolute Gasteiger partial charge is 0.396 e. The third kappa shape index (κ3) is 1.73. The summed E-state index contributed by atoms with van der Waals surface area (Å²) in [5.41, 5.74) is 8.45. The summed E-state index contributed by atoms with van der Waals surface area (Å²) in [6.07, 6.45) is 1.66. The number of carbonyl (C=O) groups is 1. The van der Waals surface area contributed by atoms with Crippen LogP contribution in [-0.4, -0.2) is 30.5 Å². The molecule has 1 fully saturated rings. The maximum atomic E-state index is 11.5. The average molecular weight is 242 g/mol. The fourth-order valence-electron chi connectivity index (χ4n) is 2.32. The molecule has 18 heavy (non-hydrogen) atoms. The van der Waals surface area contributed by atoms with Gasteiger partial charge in [0.1, 0.15) is 0 Å². The molecule has 0 saturated carbocycles. The van der Waals surface area contributed by atoms with E-state index in [1.165, 1.54) is 0 Å². The highest BCUT2D eigenvalue weighted by molar-refractivity contribution is 5.99. The van der Waals surface area contributed by atoms with E-state index in [0.29, 0.717) is 18.8 Å². The summed E-state index contributed by atoms with van der Waals surface area (Å²) in [5, 5.41) is 3.81. The molecule has 0 aliphatic carbocycles. The van der Waals surface area contributed by atoms with Crippen molar-refractivity contribution in [3.8, 4) is 0 Å². The Kier molecular flexibility index (Phi) is 2.51. The highest BCUT2D eigenvalue weighted by Crippen LogP contribution is 2.31. The van der Waals surface area contributed by atoms with E-state index in [4.69, 9.17) is 5.73 Å². The summed E-state index contributed by atoms with van der Waals surface area (Å²) in [6, 6.07) is 7.83. The molecule has 2 aromatic rings. The Labute approximate surface area is 105 Å². The molecule has 1 aromatic carbocycles. The number of fused-ring (bicyclic) bond motifs is 1. The molecule has 92 valence electrons. The second-order valence-corrected chi connectivity index (χ2v) is 4.35. The Balaban J connectivity index is 2.14. The van der Waals surface area contributed by atoms with Gasteiger partial charge in [0.2, 0.25) is 5.91 Å². The average Bonchev–Trinajstić information content (AvgIpc) is 2.38. The number of nitrogen functional groups attached to an aromatic ring is 1. The fraction of sp³-hybridized carbons (Fsp3) is 0.231. The zero-order chi connectivity index (χ0) is 12.5. The number of aromatic nitrogens is 1. The molecular formula is C13H14N4O. The molecule has 0 bridgehead atoms. The standard InChI is InChI=1S/C13H14N4O/c14-10-7-16-11-4-2-1-3-9(11)13(10)17-6-5-15-12(18)8-17/h1-4,7H,5-6,8,14H2,(H,15,18). The van der Waals surface area contributed by atoms with Gasteiger partial charge in [0.25, 0.3) is 0 Å². The quantitative estimate of drug-likeness (QED) is 0.774. The molecule has 5 nitrogen and oxygen atoms in total. The Morgan fingerprint density at radius 1 is 1.33 bits per heavy atom. The number of anilines is 2. The minimum Gasteiger partial charge on any atom is -0.396 e. The van der Waals surface area contributed by atoms with E-state index < -0.39 is 0 Å². The molecule has 2 heterocycles. The van der Waals surface area contributed by atoms with Crippen LogP contribution in [0.15, 0.2) is 30.5 Å². The fourth-order valence-corrected chi connectivity index (χ4v) is 2.32. The summed E-state index contributed by atoms with van der Waals surface area (Å²) < 4.78 is 0. The van der Waals surface area contributed by atoms with Crippen molar-refractivity contribution in [1.82, 2.24) is 10.3 Å². The first-order chi connectivity index (χ1) is 8.75. The predicted octanol–water partition coefficient (Wildman–Crippen LogP) is 0.753. The molecule has 3 N–H and O–H groups in total. The number of rotatable bonds is 1. The van der Waals surface area contributed by atoms with Crippen molar-refractivity contribution in [1.29, 1.82) is 0 Å². The number of nitrogens with one attached hydrogen (secondary N) is 1. The molecule has 1 aliphatic heterocycles. The Morgan fingerprint density at radius 2 is 2.17 bits per heavy atom. The SMILES string of the molecule is Nc1cnc2ccccc2c1N1CCNC(=O)C1. The number of nitrogens with two attached hydrogens (primary N) is 1. The number of hydrogen-bond acceptors (Lipinski definition) is 4. The molecule has 1 aliphatic rings. The van der Waals surface area contributed by atoms with Gasteiger partial charge in [-0.25, -0.2) is 0 Å². The van der Waals surface area contributed by atoms with Gasteiger partial charge >= 0.3 is 0 Å². The van der Waals surface area contributed by atoms with Gasteiger partial charge in [0, 0.05) is 18.5 Å². The lowest BCUT2D eigenvalue weighted by Gasteiger charge is -2.30. The molecule has 1 aromatic heterocycles. The van der Waals surface area contributed by atoms with Crippen LogP contribution in [0.1, 0.15) is 0 Å². The first-order valence-electron chi connectivity index (χ1n) is 5.90. The van der Waals surface area contributed by atoms with Crippen molar-refractivity contribution in [3.63, 3.8) is 0 Å². The van der Waals surface area contributed by atoms with Crippen LogP contribution >= 0.6 is 0 Å². The zero-order valence-electron chi connectivity index (χ0n) is 9.89. The van der Waals surface area contributed by atoms with Crippen LogP contribution in [0, 0.1) is 0 Å². The number of benzene rings is 1. The van der Waals surface area contributed by atoms with Gasteiger partial charge in [-0.1, -0.05) is 18.2 Å². The van der Waals surface area contributed by atoms with Gasteiger partial charge in [-0.15, -0.1) is 0 Å². The van der Waals surface area contributed by atoms with Gasteiger partial charge in [-0.3, -0.25) is 9.78 Å². The maximum absolute atomic E-state index is 11.5. The van der Waals surface area contributed by atoms with Crippen LogP contribution in [0.5, 0.6) is 0 Å².